The number of hydrogen-bond donors (Lipinski definition) is 2. The fraction of sp³-hybridized carbons (Fsp3) is 0.545. The van der Waals surface area contributed by atoms with Crippen LogP contribution in [0, 0.1) is 0 Å². The minimum atomic E-state index is -2.68. The van der Waals surface area contributed by atoms with Gasteiger partial charge in [-0.05, 0) is 6.42 Å². The largest absolute Gasteiger partial charge is 0.391 e. The second-order valence-electron chi connectivity index (χ2n) is 4.05. The first-order valence-corrected chi connectivity index (χ1v) is 6.44. The summed E-state index contributed by atoms with van der Waals surface area (Å²) < 4.78 is 30.4. The number of alkyl halides is 2. The van der Waals surface area contributed by atoms with Crippen LogP contribution < -0.4 is 5.32 Å². The van der Waals surface area contributed by atoms with Crippen LogP contribution in [0.4, 0.5) is 8.78 Å². The maximum absolute atomic E-state index is 12.6. The van der Waals surface area contributed by atoms with Gasteiger partial charge in [-0.1, -0.05) is 0 Å². The molecule has 2 rings (SSSR count). The number of carbonyl (C=O) groups excluding carboxylic acids is 1. The van der Waals surface area contributed by atoms with Crippen LogP contribution in [0.5, 0.6) is 0 Å². The first kappa shape index (κ1) is 13.4. The zero-order valence-corrected chi connectivity index (χ0v) is 10.3. The summed E-state index contributed by atoms with van der Waals surface area (Å²) in [6, 6.07) is -0.545. The Balaban J connectivity index is 2.05. The molecule has 2 atom stereocenters. The number of aliphatic hydroxyl groups excluding tert-OH is 1. The average molecular weight is 277 g/mol. The monoisotopic (exact) mass is 277 g/mol. The predicted molar refractivity (Wildman–Crippen MR) is 62.0 cm³/mol. The number of aliphatic hydroxyl groups is 1. The van der Waals surface area contributed by atoms with Crippen molar-refractivity contribution < 1.29 is 23.4 Å². The highest BCUT2D eigenvalue weighted by Crippen LogP contribution is 2.26. The highest BCUT2D eigenvalue weighted by Gasteiger charge is 2.27. The second kappa shape index (κ2) is 5.73. The maximum Gasteiger partial charge on any atom is 0.265 e. The van der Waals surface area contributed by atoms with Crippen molar-refractivity contribution in [2.24, 2.45) is 0 Å². The third-order valence-corrected chi connectivity index (χ3v) is 3.57. The van der Waals surface area contributed by atoms with Gasteiger partial charge in [-0.15, -0.1) is 0 Å². The first-order chi connectivity index (χ1) is 8.59. The quantitative estimate of drug-likeness (QED) is 0.881. The Kier molecular flexibility index (Phi) is 4.26. The second-order valence-corrected chi connectivity index (χ2v) is 4.80. The van der Waals surface area contributed by atoms with Crippen LogP contribution >= 0.6 is 11.3 Å². The molecule has 0 aromatic carbocycles. The summed E-state index contributed by atoms with van der Waals surface area (Å²) in [5, 5.41) is 14.8. The van der Waals surface area contributed by atoms with E-state index in [0.29, 0.717) is 13.0 Å². The lowest BCUT2D eigenvalue weighted by Crippen LogP contribution is -2.49. The molecule has 0 bridgehead atoms. The van der Waals surface area contributed by atoms with Crippen molar-refractivity contribution in [2.75, 3.05) is 13.2 Å². The van der Waals surface area contributed by atoms with E-state index < -0.39 is 24.5 Å². The third kappa shape index (κ3) is 2.85. The van der Waals surface area contributed by atoms with Gasteiger partial charge in [0.15, 0.2) is 0 Å². The van der Waals surface area contributed by atoms with Crippen LogP contribution in [0.2, 0.25) is 0 Å². The topological polar surface area (TPSA) is 58.6 Å². The molecule has 4 nitrogen and oxygen atoms in total. The zero-order chi connectivity index (χ0) is 13.1. The summed E-state index contributed by atoms with van der Waals surface area (Å²) in [5.74, 6) is -0.596. The standard InChI is InChI=1S/C11H13F2NO3S/c12-10(13)6-4-18-5-7(6)11(16)14-8-3-17-2-1-9(8)15/h4-5,8-10,15H,1-3H2,(H,14,16)/t8-,9-/m1/s1. The molecule has 0 aliphatic carbocycles. The number of ether oxygens (including phenoxy) is 1. The van der Waals surface area contributed by atoms with Gasteiger partial charge in [-0.3, -0.25) is 4.79 Å². The minimum absolute atomic E-state index is 0.0345. The lowest BCUT2D eigenvalue weighted by Gasteiger charge is -2.28. The molecule has 1 aromatic heterocycles. The Morgan fingerprint density at radius 3 is 3.00 bits per heavy atom. The number of hydrogen-bond acceptors (Lipinski definition) is 4. The molecule has 1 aliphatic rings. The van der Waals surface area contributed by atoms with Crippen molar-refractivity contribution in [3.05, 3.63) is 21.9 Å². The van der Waals surface area contributed by atoms with Gasteiger partial charge in [-0.2, -0.15) is 11.3 Å². The van der Waals surface area contributed by atoms with Gasteiger partial charge < -0.3 is 15.2 Å². The molecule has 1 amide bonds. The van der Waals surface area contributed by atoms with E-state index in [1.807, 2.05) is 0 Å². The molecule has 1 saturated heterocycles. The number of amides is 1. The normalized spacial score (nSPS) is 24.2. The number of thiophene rings is 1. The molecule has 1 aromatic rings. The van der Waals surface area contributed by atoms with E-state index in [1.54, 1.807) is 0 Å². The molecule has 0 unspecified atom stereocenters. The molecular formula is C11H13F2NO3S. The van der Waals surface area contributed by atoms with Crippen molar-refractivity contribution in [3.8, 4) is 0 Å². The van der Waals surface area contributed by atoms with E-state index in [1.165, 1.54) is 10.8 Å². The van der Waals surface area contributed by atoms with Crippen LogP contribution in [0.25, 0.3) is 0 Å². The molecule has 100 valence electrons. The molecule has 1 fully saturated rings. The number of halogens is 2. The van der Waals surface area contributed by atoms with Gasteiger partial charge in [-0.25, -0.2) is 8.78 Å². The van der Waals surface area contributed by atoms with Gasteiger partial charge >= 0.3 is 0 Å². The van der Waals surface area contributed by atoms with E-state index in [4.69, 9.17) is 4.74 Å². The molecule has 2 heterocycles. The smallest absolute Gasteiger partial charge is 0.265 e. The van der Waals surface area contributed by atoms with Crippen LogP contribution in [0.15, 0.2) is 10.8 Å². The van der Waals surface area contributed by atoms with Gasteiger partial charge in [0.25, 0.3) is 12.3 Å². The third-order valence-electron chi connectivity index (χ3n) is 2.81. The van der Waals surface area contributed by atoms with Crippen LogP contribution in [0.1, 0.15) is 28.8 Å². The summed E-state index contributed by atoms with van der Waals surface area (Å²) in [6.07, 6.45) is -2.95. The summed E-state index contributed by atoms with van der Waals surface area (Å²) in [5.41, 5.74) is -0.309. The summed E-state index contributed by atoms with van der Waals surface area (Å²) in [6.45, 7) is 0.634. The molecular weight excluding hydrogens is 264 g/mol. The number of rotatable bonds is 3. The highest BCUT2D eigenvalue weighted by atomic mass is 32.1. The Morgan fingerprint density at radius 2 is 2.33 bits per heavy atom. The van der Waals surface area contributed by atoms with Crippen molar-refractivity contribution in [1.29, 1.82) is 0 Å². The molecule has 2 N–H and O–H groups in total. The average Bonchev–Trinajstić information content (AvgIpc) is 2.81. The van der Waals surface area contributed by atoms with Crippen LogP contribution in [-0.2, 0) is 4.74 Å². The van der Waals surface area contributed by atoms with Crippen LogP contribution in [-0.4, -0.2) is 36.4 Å². The molecule has 1 aliphatic heterocycles. The zero-order valence-electron chi connectivity index (χ0n) is 9.44. The summed E-state index contributed by atoms with van der Waals surface area (Å²) >= 11 is 1.05. The van der Waals surface area contributed by atoms with E-state index >= 15 is 0 Å². The van der Waals surface area contributed by atoms with E-state index in [0.717, 1.165) is 11.3 Å². The minimum Gasteiger partial charge on any atom is -0.391 e. The summed E-state index contributed by atoms with van der Waals surface area (Å²) in [4.78, 5) is 11.8. The molecule has 0 radical (unpaired) electrons. The van der Waals surface area contributed by atoms with Crippen LogP contribution in [0.3, 0.4) is 0 Å². The lowest BCUT2D eigenvalue weighted by molar-refractivity contribution is -0.0140. The lowest BCUT2D eigenvalue weighted by atomic mass is 10.1. The molecule has 0 saturated carbocycles. The molecule has 7 heteroatoms. The van der Waals surface area contributed by atoms with Crippen molar-refractivity contribution in [2.45, 2.75) is 25.0 Å². The number of carbonyl (C=O) groups is 1. The van der Waals surface area contributed by atoms with Gasteiger partial charge in [0, 0.05) is 22.9 Å². The van der Waals surface area contributed by atoms with Gasteiger partial charge in [0.2, 0.25) is 0 Å². The number of nitrogens with one attached hydrogen (secondary N) is 1. The Morgan fingerprint density at radius 1 is 1.56 bits per heavy atom. The summed E-state index contributed by atoms with van der Waals surface area (Å²) in [7, 11) is 0. The van der Waals surface area contributed by atoms with Crippen molar-refractivity contribution in [3.63, 3.8) is 0 Å². The molecule has 0 spiro atoms. The Labute approximate surface area is 107 Å². The van der Waals surface area contributed by atoms with E-state index in [-0.39, 0.29) is 17.7 Å². The fourth-order valence-electron chi connectivity index (χ4n) is 1.77. The maximum atomic E-state index is 12.6. The van der Waals surface area contributed by atoms with E-state index in [2.05, 4.69) is 5.32 Å². The Hall–Kier alpha value is -1.05. The van der Waals surface area contributed by atoms with Crippen molar-refractivity contribution >= 4 is 17.2 Å². The van der Waals surface area contributed by atoms with E-state index in [9.17, 15) is 18.7 Å². The first-order valence-electron chi connectivity index (χ1n) is 5.50. The SMILES string of the molecule is O=C(N[C@@H]1COCC[C@H]1O)c1cscc1C(F)F. The predicted octanol–water partition coefficient (Wildman–Crippen LogP) is 1.57. The fourth-order valence-corrected chi connectivity index (χ4v) is 2.59. The van der Waals surface area contributed by atoms with Gasteiger partial charge in [0.05, 0.1) is 24.3 Å². The van der Waals surface area contributed by atoms with Gasteiger partial charge in [0.1, 0.15) is 0 Å². The highest BCUT2D eigenvalue weighted by molar-refractivity contribution is 7.08. The molecule has 18 heavy (non-hydrogen) atoms. The van der Waals surface area contributed by atoms with Crippen molar-refractivity contribution in [1.82, 2.24) is 5.32 Å². The Bertz CT molecular complexity index is 424.